The standard InChI is InChI=1S/C8H6F3N3O2S/c9-8(10,11)5(15)1-6-13-7(14-16-6)4-2-17-3-12-4/h2-3,5,15H,1H2. The molecule has 0 fully saturated rings. The van der Waals surface area contributed by atoms with E-state index >= 15 is 0 Å². The lowest BCUT2D eigenvalue weighted by atomic mass is 10.2. The third-order valence-corrected chi connectivity index (χ3v) is 2.46. The molecule has 9 heteroatoms. The summed E-state index contributed by atoms with van der Waals surface area (Å²) in [6.07, 6.45) is -7.97. The van der Waals surface area contributed by atoms with Crippen molar-refractivity contribution in [2.75, 3.05) is 0 Å². The summed E-state index contributed by atoms with van der Waals surface area (Å²) in [5, 5.41) is 13.9. The molecule has 92 valence electrons. The topological polar surface area (TPSA) is 72.0 Å². The fourth-order valence-electron chi connectivity index (χ4n) is 1.05. The maximum absolute atomic E-state index is 12.1. The van der Waals surface area contributed by atoms with Gasteiger partial charge in [0.2, 0.25) is 11.7 Å². The summed E-state index contributed by atoms with van der Waals surface area (Å²) in [6, 6.07) is 0. The molecular weight excluding hydrogens is 259 g/mol. The monoisotopic (exact) mass is 265 g/mol. The van der Waals surface area contributed by atoms with Crippen molar-refractivity contribution in [1.29, 1.82) is 0 Å². The van der Waals surface area contributed by atoms with Crippen LogP contribution in [0.3, 0.4) is 0 Å². The quantitative estimate of drug-likeness (QED) is 0.913. The number of rotatable bonds is 3. The highest BCUT2D eigenvalue weighted by Gasteiger charge is 2.39. The van der Waals surface area contributed by atoms with Crippen molar-refractivity contribution in [1.82, 2.24) is 15.1 Å². The molecule has 2 rings (SSSR count). The first kappa shape index (κ1) is 12.0. The van der Waals surface area contributed by atoms with Crippen LogP contribution in [0.2, 0.25) is 0 Å². The van der Waals surface area contributed by atoms with Crippen LogP contribution in [-0.4, -0.2) is 32.5 Å². The Labute approximate surface area is 96.9 Å². The van der Waals surface area contributed by atoms with Gasteiger partial charge in [-0.3, -0.25) is 0 Å². The second kappa shape index (κ2) is 4.41. The van der Waals surface area contributed by atoms with Crippen LogP contribution in [0.4, 0.5) is 13.2 Å². The van der Waals surface area contributed by atoms with Crippen molar-refractivity contribution in [3.05, 3.63) is 16.8 Å². The molecule has 17 heavy (non-hydrogen) atoms. The highest BCUT2D eigenvalue weighted by molar-refractivity contribution is 7.07. The van der Waals surface area contributed by atoms with Crippen molar-refractivity contribution < 1.29 is 22.8 Å². The fraction of sp³-hybridized carbons (Fsp3) is 0.375. The lowest BCUT2D eigenvalue weighted by Gasteiger charge is -2.11. The molecule has 1 unspecified atom stereocenters. The number of aliphatic hydroxyl groups excluding tert-OH is 1. The number of halogens is 3. The number of thiazole rings is 1. The number of hydrogen-bond acceptors (Lipinski definition) is 6. The summed E-state index contributed by atoms with van der Waals surface area (Å²) in [7, 11) is 0. The van der Waals surface area contributed by atoms with Crippen LogP contribution in [0.15, 0.2) is 15.4 Å². The second-order valence-electron chi connectivity index (χ2n) is 3.15. The Morgan fingerprint density at radius 3 is 2.82 bits per heavy atom. The number of hydrogen-bond donors (Lipinski definition) is 1. The molecular formula is C8H6F3N3O2S. The minimum absolute atomic E-state index is 0.107. The molecule has 2 aromatic rings. The first-order valence-corrected chi connectivity index (χ1v) is 5.37. The summed E-state index contributed by atoms with van der Waals surface area (Å²) >= 11 is 1.30. The molecule has 0 bridgehead atoms. The number of aromatic nitrogens is 3. The van der Waals surface area contributed by atoms with Gasteiger partial charge in [0.25, 0.3) is 0 Å². The van der Waals surface area contributed by atoms with E-state index in [1.54, 1.807) is 5.38 Å². The van der Waals surface area contributed by atoms with Crippen molar-refractivity contribution in [2.24, 2.45) is 0 Å². The van der Waals surface area contributed by atoms with E-state index in [1.165, 1.54) is 16.8 Å². The summed E-state index contributed by atoms with van der Waals surface area (Å²) in [5.74, 6) is -0.173. The molecule has 1 atom stereocenters. The van der Waals surface area contributed by atoms with E-state index in [4.69, 9.17) is 5.11 Å². The van der Waals surface area contributed by atoms with Gasteiger partial charge in [0, 0.05) is 5.38 Å². The minimum atomic E-state index is -4.70. The third kappa shape index (κ3) is 2.80. The summed E-state index contributed by atoms with van der Waals surface area (Å²) < 4.78 is 40.8. The lowest BCUT2D eigenvalue weighted by Crippen LogP contribution is -2.30. The van der Waals surface area contributed by atoms with E-state index in [2.05, 4.69) is 19.6 Å². The predicted molar refractivity (Wildman–Crippen MR) is 51.2 cm³/mol. The predicted octanol–water partition coefficient (Wildman–Crippen LogP) is 1.66. The maximum atomic E-state index is 12.1. The van der Waals surface area contributed by atoms with E-state index in [9.17, 15) is 13.2 Å². The van der Waals surface area contributed by atoms with Crippen LogP contribution in [0.25, 0.3) is 11.5 Å². The molecule has 0 saturated carbocycles. The highest BCUT2D eigenvalue weighted by Crippen LogP contribution is 2.23. The maximum Gasteiger partial charge on any atom is 0.414 e. The molecule has 0 saturated heterocycles. The smallest absolute Gasteiger partial charge is 0.383 e. The third-order valence-electron chi connectivity index (χ3n) is 1.88. The van der Waals surface area contributed by atoms with Gasteiger partial charge in [-0.1, -0.05) is 5.16 Å². The number of nitrogens with zero attached hydrogens (tertiary/aromatic N) is 3. The molecule has 0 aromatic carbocycles. The Morgan fingerprint density at radius 2 is 2.24 bits per heavy atom. The van der Waals surface area contributed by atoms with E-state index in [0.29, 0.717) is 5.69 Å². The first-order valence-electron chi connectivity index (χ1n) is 4.43. The molecule has 0 aliphatic rings. The zero-order chi connectivity index (χ0) is 12.5. The van der Waals surface area contributed by atoms with Gasteiger partial charge in [0.15, 0.2) is 6.10 Å². The van der Waals surface area contributed by atoms with Gasteiger partial charge >= 0.3 is 6.18 Å². The largest absolute Gasteiger partial charge is 0.414 e. The van der Waals surface area contributed by atoms with Crippen LogP contribution in [0.1, 0.15) is 5.89 Å². The van der Waals surface area contributed by atoms with Gasteiger partial charge in [-0.2, -0.15) is 18.2 Å². The molecule has 5 nitrogen and oxygen atoms in total. The molecule has 0 aliphatic carbocycles. The molecule has 2 heterocycles. The SMILES string of the molecule is OC(Cc1nc(-c2cscn2)no1)C(F)(F)F. The van der Waals surface area contributed by atoms with Crippen LogP contribution in [0, 0.1) is 0 Å². The molecule has 0 aliphatic heterocycles. The zero-order valence-corrected chi connectivity index (χ0v) is 8.99. The average molecular weight is 265 g/mol. The Kier molecular flexibility index (Phi) is 3.11. The highest BCUT2D eigenvalue weighted by atomic mass is 32.1. The first-order chi connectivity index (χ1) is 7.97. The van der Waals surface area contributed by atoms with E-state index in [0.717, 1.165) is 0 Å². The average Bonchev–Trinajstić information content (AvgIpc) is 2.83. The second-order valence-corrected chi connectivity index (χ2v) is 3.87. The van der Waals surface area contributed by atoms with Gasteiger partial charge < -0.3 is 9.63 Å². The lowest BCUT2D eigenvalue weighted by molar-refractivity contribution is -0.204. The van der Waals surface area contributed by atoms with Gasteiger partial charge in [-0.25, -0.2) is 4.98 Å². The molecule has 0 radical (unpaired) electrons. The Morgan fingerprint density at radius 1 is 1.47 bits per heavy atom. The summed E-state index contributed by atoms with van der Waals surface area (Å²) in [4.78, 5) is 7.59. The van der Waals surface area contributed by atoms with Crippen LogP contribution in [0.5, 0.6) is 0 Å². The fourth-order valence-corrected chi connectivity index (χ4v) is 1.58. The number of aliphatic hydroxyl groups is 1. The molecule has 2 aromatic heterocycles. The van der Waals surface area contributed by atoms with E-state index < -0.39 is 18.7 Å². The van der Waals surface area contributed by atoms with Gasteiger partial charge in [0.05, 0.1) is 11.9 Å². The molecule has 1 N–H and O–H groups in total. The Balaban J connectivity index is 2.09. The van der Waals surface area contributed by atoms with Crippen molar-refractivity contribution in [3.8, 4) is 11.5 Å². The van der Waals surface area contributed by atoms with Crippen molar-refractivity contribution in [3.63, 3.8) is 0 Å². The van der Waals surface area contributed by atoms with E-state index in [1.807, 2.05) is 0 Å². The molecule has 0 spiro atoms. The summed E-state index contributed by atoms with van der Waals surface area (Å²) in [6.45, 7) is 0. The number of alkyl halides is 3. The Hall–Kier alpha value is -1.48. The van der Waals surface area contributed by atoms with Crippen LogP contribution in [-0.2, 0) is 6.42 Å². The Bertz CT molecular complexity index is 482. The van der Waals surface area contributed by atoms with Crippen molar-refractivity contribution in [2.45, 2.75) is 18.7 Å². The van der Waals surface area contributed by atoms with Gasteiger partial charge in [-0.15, -0.1) is 11.3 Å². The summed E-state index contributed by atoms with van der Waals surface area (Å²) in [5.41, 5.74) is 1.96. The van der Waals surface area contributed by atoms with E-state index in [-0.39, 0.29) is 11.7 Å². The van der Waals surface area contributed by atoms with Gasteiger partial charge in [0.1, 0.15) is 5.69 Å². The van der Waals surface area contributed by atoms with Gasteiger partial charge in [-0.05, 0) is 0 Å². The zero-order valence-electron chi connectivity index (χ0n) is 8.18. The molecule has 0 amide bonds. The normalized spacial score (nSPS) is 13.9. The van der Waals surface area contributed by atoms with Crippen molar-refractivity contribution >= 4 is 11.3 Å². The van der Waals surface area contributed by atoms with Crippen LogP contribution >= 0.6 is 11.3 Å². The van der Waals surface area contributed by atoms with Crippen LogP contribution < -0.4 is 0 Å². The minimum Gasteiger partial charge on any atom is -0.383 e.